The van der Waals surface area contributed by atoms with Crippen molar-refractivity contribution in [1.29, 1.82) is 5.26 Å². The average molecular weight is 458 g/mol. The minimum Gasteiger partial charge on any atom is -0.449 e. The summed E-state index contributed by atoms with van der Waals surface area (Å²) in [6.45, 7) is 4.28. The van der Waals surface area contributed by atoms with Crippen LogP contribution >= 0.6 is 0 Å². The van der Waals surface area contributed by atoms with E-state index in [0.29, 0.717) is 24.3 Å². The van der Waals surface area contributed by atoms with E-state index in [4.69, 9.17) is 14.7 Å². The van der Waals surface area contributed by atoms with Crippen molar-refractivity contribution in [3.05, 3.63) is 59.2 Å². The minimum absolute atomic E-state index is 0.0967. The summed E-state index contributed by atoms with van der Waals surface area (Å²) >= 11 is 0. The summed E-state index contributed by atoms with van der Waals surface area (Å²) in [5.41, 5.74) is 1.43. The largest absolute Gasteiger partial charge is 0.449 e. The maximum absolute atomic E-state index is 13.0. The number of carbonyl (C=O) groups is 2. The second-order valence-electron chi connectivity index (χ2n) is 7.22. The summed E-state index contributed by atoms with van der Waals surface area (Å²) in [7, 11) is -3.74. The van der Waals surface area contributed by atoms with Crippen molar-refractivity contribution in [2.75, 3.05) is 31.6 Å². The summed E-state index contributed by atoms with van der Waals surface area (Å²) < 4.78 is 37.8. The number of nitrogens with one attached hydrogen (secondary N) is 1. The minimum atomic E-state index is -3.74. The van der Waals surface area contributed by atoms with Gasteiger partial charge in [0, 0.05) is 18.8 Å². The Kier molecular flexibility index (Phi) is 7.25. The highest BCUT2D eigenvalue weighted by molar-refractivity contribution is 7.89. The summed E-state index contributed by atoms with van der Waals surface area (Å²) in [5.74, 6) is -1.32. The molecule has 1 aliphatic heterocycles. The second kappa shape index (κ2) is 9.91. The van der Waals surface area contributed by atoms with E-state index in [-0.39, 0.29) is 29.2 Å². The number of anilines is 1. The summed E-state index contributed by atoms with van der Waals surface area (Å²) in [6, 6.07) is 12.4. The van der Waals surface area contributed by atoms with Crippen molar-refractivity contribution < 1.29 is 27.5 Å². The molecule has 0 radical (unpaired) electrons. The van der Waals surface area contributed by atoms with Gasteiger partial charge in [0.2, 0.25) is 10.0 Å². The van der Waals surface area contributed by atoms with Gasteiger partial charge in [0.15, 0.2) is 6.10 Å². The molecule has 0 bridgehead atoms. The van der Waals surface area contributed by atoms with Crippen LogP contribution in [0.25, 0.3) is 0 Å². The molecular formula is C22H23N3O6S. The van der Waals surface area contributed by atoms with E-state index < -0.39 is 28.0 Å². The molecule has 2 aromatic rings. The molecule has 10 heteroatoms. The van der Waals surface area contributed by atoms with Gasteiger partial charge in [-0.15, -0.1) is 0 Å². The summed E-state index contributed by atoms with van der Waals surface area (Å²) in [4.78, 5) is 24.9. The lowest BCUT2D eigenvalue weighted by Crippen LogP contribution is -2.40. The van der Waals surface area contributed by atoms with Gasteiger partial charge in [-0.2, -0.15) is 9.57 Å². The van der Waals surface area contributed by atoms with Crippen LogP contribution in [0.5, 0.6) is 0 Å². The van der Waals surface area contributed by atoms with Crippen molar-refractivity contribution in [3.8, 4) is 6.07 Å². The first-order valence-electron chi connectivity index (χ1n) is 9.93. The molecule has 9 nitrogen and oxygen atoms in total. The van der Waals surface area contributed by atoms with Gasteiger partial charge in [0.25, 0.3) is 5.91 Å². The molecular weight excluding hydrogens is 434 g/mol. The molecule has 0 aliphatic carbocycles. The molecule has 0 aromatic heterocycles. The molecule has 0 spiro atoms. The highest BCUT2D eigenvalue weighted by Crippen LogP contribution is 2.24. The van der Waals surface area contributed by atoms with E-state index in [9.17, 15) is 18.0 Å². The smallest absolute Gasteiger partial charge is 0.338 e. The van der Waals surface area contributed by atoms with Crippen LogP contribution in [-0.4, -0.2) is 57.0 Å². The number of rotatable bonds is 6. The zero-order valence-corrected chi connectivity index (χ0v) is 18.5. The van der Waals surface area contributed by atoms with Crippen molar-refractivity contribution in [3.63, 3.8) is 0 Å². The second-order valence-corrected chi connectivity index (χ2v) is 9.13. The standard InChI is InChI=1S/C22H23N3O6S/c1-15-3-8-19(13-20(15)32(28,29)25-9-11-30-12-10-25)24-21(26)16(2)31-22(27)18-6-4-17(14-23)5-7-18/h3-8,13,16H,9-12H2,1-2H3,(H,24,26)/t16-/m0/s1. The van der Waals surface area contributed by atoms with Gasteiger partial charge in [0.1, 0.15) is 0 Å². The summed E-state index contributed by atoms with van der Waals surface area (Å²) in [6.07, 6.45) is -1.13. The quantitative estimate of drug-likeness (QED) is 0.658. The van der Waals surface area contributed by atoms with Crippen LogP contribution in [0, 0.1) is 18.3 Å². The van der Waals surface area contributed by atoms with Gasteiger partial charge in [-0.3, -0.25) is 4.79 Å². The number of benzene rings is 2. The number of amides is 1. The van der Waals surface area contributed by atoms with Crippen LogP contribution in [0.1, 0.15) is 28.4 Å². The normalized spacial score (nSPS) is 15.4. The van der Waals surface area contributed by atoms with Crippen molar-refractivity contribution >= 4 is 27.6 Å². The summed E-state index contributed by atoms with van der Waals surface area (Å²) in [5, 5.41) is 11.4. The zero-order valence-electron chi connectivity index (χ0n) is 17.7. The van der Waals surface area contributed by atoms with Crippen LogP contribution < -0.4 is 5.32 Å². The van der Waals surface area contributed by atoms with Crippen LogP contribution in [0.3, 0.4) is 0 Å². The lowest BCUT2D eigenvalue weighted by atomic mass is 10.1. The Hall–Kier alpha value is -3.26. The Balaban J connectivity index is 1.69. The first-order valence-corrected chi connectivity index (χ1v) is 11.4. The lowest BCUT2D eigenvalue weighted by Gasteiger charge is -2.27. The van der Waals surface area contributed by atoms with E-state index in [1.54, 1.807) is 19.1 Å². The number of nitriles is 1. The van der Waals surface area contributed by atoms with E-state index >= 15 is 0 Å². The Morgan fingerprint density at radius 3 is 2.44 bits per heavy atom. The maximum Gasteiger partial charge on any atom is 0.338 e. The number of esters is 1. The van der Waals surface area contributed by atoms with E-state index in [1.807, 2.05) is 6.07 Å². The number of hydrogen-bond donors (Lipinski definition) is 1. The molecule has 1 saturated heterocycles. The van der Waals surface area contributed by atoms with E-state index in [2.05, 4.69) is 5.32 Å². The molecule has 32 heavy (non-hydrogen) atoms. The van der Waals surface area contributed by atoms with E-state index in [0.717, 1.165) is 0 Å². The van der Waals surface area contributed by atoms with Gasteiger partial charge in [-0.05, 0) is 55.8 Å². The van der Waals surface area contributed by atoms with Gasteiger partial charge in [-0.1, -0.05) is 6.07 Å². The van der Waals surface area contributed by atoms with Crippen LogP contribution in [-0.2, 0) is 24.3 Å². The molecule has 3 rings (SSSR count). The van der Waals surface area contributed by atoms with Gasteiger partial charge < -0.3 is 14.8 Å². The molecule has 168 valence electrons. The number of aryl methyl sites for hydroxylation is 1. The van der Waals surface area contributed by atoms with Crippen molar-refractivity contribution in [1.82, 2.24) is 4.31 Å². The fraction of sp³-hybridized carbons (Fsp3) is 0.318. The highest BCUT2D eigenvalue weighted by atomic mass is 32.2. The Morgan fingerprint density at radius 1 is 1.16 bits per heavy atom. The average Bonchev–Trinajstić information content (AvgIpc) is 2.80. The van der Waals surface area contributed by atoms with Crippen LogP contribution in [0.2, 0.25) is 0 Å². The number of sulfonamides is 1. The van der Waals surface area contributed by atoms with Crippen molar-refractivity contribution in [2.45, 2.75) is 24.8 Å². The number of hydrogen-bond acceptors (Lipinski definition) is 7. The lowest BCUT2D eigenvalue weighted by molar-refractivity contribution is -0.123. The topological polar surface area (TPSA) is 126 Å². The monoisotopic (exact) mass is 457 g/mol. The number of ether oxygens (including phenoxy) is 2. The third kappa shape index (κ3) is 5.31. The molecule has 2 aromatic carbocycles. The van der Waals surface area contributed by atoms with Crippen LogP contribution in [0.15, 0.2) is 47.4 Å². The molecule has 1 atom stereocenters. The first-order chi connectivity index (χ1) is 15.2. The Bertz CT molecular complexity index is 1150. The molecule has 1 amide bonds. The molecule has 0 saturated carbocycles. The molecule has 1 heterocycles. The molecule has 1 fully saturated rings. The van der Waals surface area contributed by atoms with Gasteiger partial charge in [0.05, 0.1) is 35.3 Å². The first kappa shape index (κ1) is 23.4. The third-order valence-electron chi connectivity index (χ3n) is 4.95. The van der Waals surface area contributed by atoms with Gasteiger partial charge in [-0.25, -0.2) is 13.2 Å². The van der Waals surface area contributed by atoms with E-state index in [1.165, 1.54) is 41.6 Å². The van der Waals surface area contributed by atoms with Crippen LogP contribution in [0.4, 0.5) is 5.69 Å². The number of morpholine rings is 1. The molecule has 0 unspecified atom stereocenters. The zero-order chi connectivity index (χ0) is 23.3. The SMILES string of the molecule is Cc1ccc(NC(=O)[C@H](C)OC(=O)c2ccc(C#N)cc2)cc1S(=O)(=O)N1CCOCC1. The maximum atomic E-state index is 13.0. The third-order valence-corrected chi connectivity index (χ3v) is 6.99. The predicted molar refractivity (Wildman–Crippen MR) is 115 cm³/mol. The van der Waals surface area contributed by atoms with Gasteiger partial charge >= 0.3 is 5.97 Å². The molecule has 1 aliphatic rings. The number of carbonyl (C=O) groups excluding carboxylic acids is 2. The highest BCUT2D eigenvalue weighted by Gasteiger charge is 2.28. The fourth-order valence-electron chi connectivity index (χ4n) is 3.09. The Morgan fingerprint density at radius 2 is 1.81 bits per heavy atom. The molecule has 1 N–H and O–H groups in total. The fourth-order valence-corrected chi connectivity index (χ4v) is 4.75. The Labute approximate surface area is 186 Å². The number of nitrogens with zero attached hydrogens (tertiary/aromatic N) is 2. The predicted octanol–water partition coefficient (Wildman–Crippen LogP) is 2.07. The van der Waals surface area contributed by atoms with Crippen molar-refractivity contribution in [2.24, 2.45) is 0 Å².